The smallest absolute Gasteiger partial charge is 0.309 e. The van der Waals surface area contributed by atoms with Crippen molar-refractivity contribution in [3.05, 3.63) is 29.8 Å². The predicted molar refractivity (Wildman–Crippen MR) is 67.0 cm³/mol. The van der Waals surface area contributed by atoms with Crippen molar-refractivity contribution in [3.8, 4) is 0 Å². The number of benzene rings is 1. The van der Waals surface area contributed by atoms with E-state index in [1.165, 1.54) is 12.1 Å². The van der Waals surface area contributed by atoms with Gasteiger partial charge in [-0.3, -0.25) is 4.79 Å². The van der Waals surface area contributed by atoms with E-state index in [1.54, 1.807) is 19.1 Å². The minimum absolute atomic E-state index is 0.0706. The second kappa shape index (κ2) is 4.90. The zero-order valence-corrected chi connectivity index (χ0v) is 11.4. The summed E-state index contributed by atoms with van der Waals surface area (Å²) in [7, 11) is 1.54. The minimum Gasteiger partial charge on any atom is -0.466 e. The SMILES string of the molecule is CCOC(=O)C1CC1c1ccc(S(=O)(=O)Cl)cc1. The van der Waals surface area contributed by atoms with Crippen molar-refractivity contribution in [1.82, 2.24) is 0 Å². The Labute approximate surface area is 110 Å². The second-order valence-corrected chi connectivity index (χ2v) is 6.77. The molecule has 0 aliphatic heterocycles. The van der Waals surface area contributed by atoms with Gasteiger partial charge >= 0.3 is 5.97 Å². The van der Waals surface area contributed by atoms with E-state index in [1.807, 2.05) is 0 Å². The fourth-order valence-electron chi connectivity index (χ4n) is 1.95. The normalized spacial score (nSPS) is 22.6. The van der Waals surface area contributed by atoms with Crippen LogP contribution in [0.5, 0.6) is 0 Å². The largest absolute Gasteiger partial charge is 0.466 e. The van der Waals surface area contributed by atoms with Crippen molar-refractivity contribution in [2.24, 2.45) is 5.92 Å². The van der Waals surface area contributed by atoms with Gasteiger partial charge in [-0.05, 0) is 37.0 Å². The van der Waals surface area contributed by atoms with E-state index in [9.17, 15) is 13.2 Å². The average molecular weight is 289 g/mol. The summed E-state index contributed by atoms with van der Waals surface area (Å²) in [5.41, 5.74) is 0.942. The first-order valence-electron chi connectivity index (χ1n) is 5.64. The van der Waals surface area contributed by atoms with E-state index < -0.39 is 9.05 Å². The molecule has 1 aliphatic rings. The average Bonchev–Trinajstić information content (AvgIpc) is 3.08. The lowest BCUT2D eigenvalue weighted by atomic mass is 10.1. The molecule has 1 fully saturated rings. The van der Waals surface area contributed by atoms with Gasteiger partial charge in [0.15, 0.2) is 0 Å². The Balaban J connectivity index is 2.07. The van der Waals surface area contributed by atoms with Gasteiger partial charge in [0, 0.05) is 10.7 Å². The molecule has 0 heterocycles. The second-order valence-electron chi connectivity index (χ2n) is 4.21. The van der Waals surface area contributed by atoms with Crippen LogP contribution in [0.2, 0.25) is 0 Å². The van der Waals surface area contributed by atoms with Crippen LogP contribution >= 0.6 is 10.7 Å². The molecule has 0 radical (unpaired) electrons. The van der Waals surface area contributed by atoms with Crippen LogP contribution in [-0.4, -0.2) is 21.0 Å². The van der Waals surface area contributed by atoms with Crippen LogP contribution < -0.4 is 0 Å². The third-order valence-corrected chi connectivity index (χ3v) is 4.34. The van der Waals surface area contributed by atoms with Gasteiger partial charge < -0.3 is 4.74 Å². The van der Waals surface area contributed by atoms with Crippen molar-refractivity contribution in [3.63, 3.8) is 0 Å². The van der Waals surface area contributed by atoms with E-state index in [4.69, 9.17) is 15.4 Å². The molecule has 2 unspecified atom stereocenters. The van der Waals surface area contributed by atoms with Gasteiger partial charge in [0.05, 0.1) is 17.4 Å². The molecular weight excluding hydrogens is 276 g/mol. The van der Waals surface area contributed by atoms with Crippen molar-refractivity contribution < 1.29 is 17.9 Å². The Morgan fingerprint density at radius 2 is 2.00 bits per heavy atom. The quantitative estimate of drug-likeness (QED) is 0.630. The molecule has 0 saturated heterocycles. The van der Waals surface area contributed by atoms with Crippen LogP contribution in [-0.2, 0) is 18.6 Å². The Bertz CT molecular complexity index is 550. The third kappa shape index (κ3) is 2.84. The fraction of sp³-hybridized carbons (Fsp3) is 0.417. The lowest BCUT2D eigenvalue weighted by Crippen LogP contribution is -2.07. The van der Waals surface area contributed by atoms with Gasteiger partial charge in [-0.1, -0.05) is 12.1 Å². The first-order valence-corrected chi connectivity index (χ1v) is 7.95. The van der Waals surface area contributed by atoms with Gasteiger partial charge in [-0.15, -0.1) is 0 Å². The standard InChI is InChI=1S/C12H13ClO4S/c1-2-17-12(14)11-7-10(11)8-3-5-9(6-4-8)18(13,15)16/h3-6,10-11H,2,7H2,1H3. The Kier molecular flexibility index (Phi) is 3.64. The van der Waals surface area contributed by atoms with Gasteiger partial charge in [-0.2, -0.15) is 0 Å². The maximum Gasteiger partial charge on any atom is 0.309 e. The van der Waals surface area contributed by atoms with Crippen LogP contribution in [0.1, 0.15) is 24.8 Å². The summed E-state index contributed by atoms with van der Waals surface area (Å²) in [5.74, 6) is -0.143. The molecule has 0 aromatic heterocycles. The molecular formula is C12H13ClO4S. The monoisotopic (exact) mass is 288 g/mol. The molecule has 2 atom stereocenters. The Morgan fingerprint density at radius 3 is 2.50 bits per heavy atom. The minimum atomic E-state index is -3.68. The highest BCUT2D eigenvalue weighted by Gasteiger charge is 2.45. The number of esters is 1. The molecule has 18 heavy (non-hydrogen) atoms. The highest BCUT2D eigenvalue weighted by atomic mass is 35.7. The Morgan fingerprint density at radius 1 is 1.39 bits per heavy atom. The van der Waals surface area contributed by atoms with Crippen LogP contribution in [0.15, 0.2) is 29.2 Å². The molecule has 1 aromatic rings. The molecule has 0 spiro atoms. The highest BCUT2D eigenvalue weighted by Crippen LogP contribution is 2.48. The number of hydrogen-bond acceptors (Lipinski definition) is 4. The predicted octanol–water partition coefficient (Wildman–Crippen LogP) is 2.28. The van der Waals surface area contributed by atoms with E-state index in [-0.39, 0.29) is 22.7 Å². The van der Waals surface area contributed by atoms with Gasteiger partial charge in [0.25, 0.3) is 9.05 Å². The van der Waals surface area contributed by atoms with Crippen LogP contribution in [0.3, 0.4) is 0 Å². The summed E-state index contributed by atoms with van der Waals surface area (Å²) in [6.07, 6.45) is 0.756. The van der Waals surface area contributed by atoms with Gasteiger partial charge in [0.2, 0.25) is 0 Å². The lowest BCUT2D eigenvalue weighted by Gasteiger charge is -2.02. The zero-order valence-electron chi connectivity index (χ0n) is 9.80. The van der Waals surface area contributed by atoms with E-state index in [2.05, 4.69) is 0 Å². The molecule has 98 valence electrons. The molecule has 0 amide bonds. The van der Waals surface area contributed by atoms with E-state index >= 15 is 0 Å². The number of carbonyl (C=O) groups is 1. The zero-order chi connectivity index (χ0) is 13.3. The lowest BCUT2D eigenvalue weighted by molar-refractivity contribution is -0.144. The van der Waals surface area contributed by atoms with Crippen molar-refractivity contribution in [2.75, 3.05) is 6.61 Å². The maximum atomic E-state index is 11.5. The van der Waals surface area contributed by atoms with E-state index in [0.29, 0.717) is 6.61 Å². The molecule has 1 aliphatic carbocycles. The third-order valence-electron chi connectivity index (χ3n) is 2.97. The molecule has 2 rings (SSSR count). The first kappa shape index (κ1) is 13.4. The van der Waals surface area contributed by atoms with Crippen molar-refractivity contribution in [2.45, 2.75) is 24.2 Å². The summed E-state index contributed by atoms with van der Waals surface area (Å²) in [5, 5.41) is 0. The molecule has 1 saturated carbocycles. The van der Waals surface area contributed by atoms with Gasteiger partial charge in [0.1, 0.15) is 0 Å². The van der Waals surface area contributed by atoms with Crippen LogP contribution in [0.25, 0.3) is 0 Å². The fourth-order valence-corrected chi connectivity index (χ4v) is 2.72. The molecule has 1 aromatic carbocycles. The molecule has 0 bridgehead atoms. The summed E-state index contributed by atoms with van der Waals surface area (Å²) >= 11 is 0. The van der Waals surface area contributed by atoms with Crippen LogP contribution in [0.4, 0.5) is 0 Å². The molecule has 0 N–H and O–H groups in total. The molecule has 4 nitrogen and oxygen atoms in total. The number of rotatable bonds is 4. The van der Waals surface area contributed by atoms with Gasteiger partial charge in [-0.25, -0.2) is 8.42 Å². The van der Waals surface area contributed by atoms with Crippen LogP contribution in [0, 0.1) is 5.92 Å². The van der Waals surface area contributed by atoms with E-state index in [0.717, 1.165) is 12.0 Å². The summed E-state index contributed by atoms with van der Waals surface area (Å²) < 4.78 is 27.1. The number of hydrogen-bond donors (Lipinski definition) is 0. The summed E-state index contributed by atoms with van der Waals surface area (Å²) in [6, 6.07) is 6.30. The topological polar surface area (TPSA) is 60.4 Å². The number of carbonyl (C=O) groups excluding carboxylic acids is 1. The number of halogens is 1. The Hall–Kier alpha value is -1.07. The first-order chi connectivity index (χ1) is 8.43. The molecule has 6 heteroatoms. The summed E-state index contributed by atoms with van der Waals surface area (Å²) in [4.78, 5) is 11.5. The number of ether oxygens (including phenoxy) is 1. The van der Waals surface area contributed by atoms with Crippen molar-refractivity contribution in [1.29, 1.82) is 0 Å². The summed E-state index contributed by atoms with van der Waals surface area (Å²) in [6.45, 7) is 2.15. The van der Waals surface area contributed by atoms with Crippen molar-refractivity contribution >= 4 is 25.7 Å². The maximum absolute atomic E-state index is 11.5. The highest BCUT2D eigenvalue weighted by molar-refractivity contribution is 8.13.